The van der Waals surface area contributed by atoms with Gasteiger partial charge in [-0.05, 0) is 30.2 Å². The van der Waals surface area contributed by atoms with Gasteiger partial charge in [0.1, 0.15) is 5.82 Å². The second kappa shape index (κ2) is 6.30. The zero-order chi connectivity index (χ0) is 15.4. The molecule has 3 aromatic rings. The van der Waals surface area contributed by atoms with Crippen molar-refractivity contribution >= 4 is 28.3 Å². The third-order valence-electron chi connectivity index (χ3n) is 3.47. The number of hydrogen-bond donors (Lipinski definition) is 3. The molecular formula is C17H18N4O. The predicted molar refractivity (Wildman–Crippen MR) is 89.0 cm³/mol. The summed E-state index contributed by atoms with van der Waals surface area (Å²) in [6.45, 7) is 2.29. The molecular weight excluding hydrogens is 276 g/mol. The lowest BCUT2D eigenvalue weighted by Gasteiger charge is -2.07. The molecule has 0 atom stereocenters. The Morgan fingerprint density at radius 3 is 2.86 bits per heavy atom. The van der Waals surface area contributed by atoms with Gasteiger partial charge in [0.2, 0.25) is 5.91 Å². The highest BCUT2D eigenvalue weighted by molar-refractivity contribution is 5.87. The molecule has 0 aliphatic rings. The van der Waals surface area contributed by atoms with Crippen LogP contribution in [0.3, 0.4) is 0 Å². The maximum atomic E-state index is 10.9. The van der Waals surface area contributed by atoms with Gasteiger partial charge in [-0.15, -0.1) is 0 Å². The number of hydrogen-bond acceptors (Lipinski definition) is 3. The van der Waals surface area contributed by atoms with Gasteiger partial charge in [-0.25, -0.2) is 4.98 Å². The minimum absolute atomic E-state index is 0.118. The van der Waals surface area contributed by atoms with Crippen molar-refractivity contribution in [2.45, 2.75) is 13.3 Å². The zero-order valence-electron chi connectivity index (χ0n) is 12.4. The van der Waals surface area contributed by atoms with Crippen LogP contribution >= 0.6 is 0 Å². The van der Waals surface area contributed by atoms with E-state index in [-0.39, 0.29) is 5.91 Å². The van der Waals surface area contributed by atoms with E-state index in [1.54, 1.807) is 12.3 Å². The normalized spacial score (nSPS) is 10.6. The van der Waals surface area contributed by atoms with Gasteiger partial charge >= 0.3 is 0 Å². The Kier molecular flexibility index (Phi) is 4.05. The average molecular weight is 294 g/mol. The van der Waals surface area contributed by atoms with Crippen LogP contribution in [-0.4, -0.2) is 22.4 Å². The van der Waals surface area contributed by atoms with Gasteiger partial charge in [-0.3, -0.25) is 4.79 Å². The van der Waals surface area contributed by atoms with Crippen molar-refractivity contribution in [2.24, 2.45) is 0 Å². The van der Waals surface area contributed by atoms with E-state index in [1.807, 2.05) is 12.1 Å². The Labute approximate surface area is 128 Å². The van der Waals surface area contributed by atoms with Crippen molar-refractivity contribution in [1.82, 2.24) is 9.97 Å². The molecule has 0 unspecified atom stereocenters. The molecule has 2 heterocycles. The van der Waals surface area contributed by atoms with Crippen LogP contribution in [-0.2, 0) is 11.2 Å². The highest BCUT2D eigenvalue weighted by Crippen LogP contribution is 2.18. The minimum Gasteiger partial charge on any atom is -0.383 e. The summed E-state index contributed by atoms with van der Waals surface area (Å²) in [5.74, 6) is 0.447. The Morgan fingerprint density at radius 2 is 2.09 bits per heavy atom. The molecule has 0 aliphatic heterocycles. The molecule has 1 aromatic carbocycles. The van der Waals surface area contributed by atoms with Crippen LogP contribution in [0.2, 0.25) is 0 Å². The van der Waals surface area contributed by atoms with E-state index in [1.165, 1.54) is 23.4 Å². The lowest BCUT2D eigenvalue weighted by Crippen LogP contribution is -2.08. The smallest absolute Gasteiger partial charge is 0.222 e. The molecule has 1 amide bonds. The molecule has 5 heteroatoms. The van der Waals surface area contributed by atoms with E-state index in [9.17, 15) is 4.79 Å². The molecule has 2 aromatic heterocycles. The Hall–Kier alpha value is -2.82. The maximum Gasteiger partial charge on any atom is 0.222 e. The number of nitrogens with one attached hydrogen (secondary N) is 3. The second-order valence-electron chi connectivity index (χ2n) is 5.15. The van der Waals surface area contributed by atoms with Gasteiger partial charge in [0.25, 0.3) is 0 Å². The van der Waals surface area contributed by atoms with E-state index < -0.39 is 0 Å². The summed E-state index contributed by atoms with van der Waals surface area (Å²) in [5, 5.41) is 7.25. The molecule has 0 spiro atoms. The van der Waals surface area contributed by atoms with E-state index >= 15 is 0 Å². The summed E-state index contributed by atoms with van der Waals surface area (Å²) in [6, 6.07) is 12.0. The molecule has 22 heavy (non-hydrogen) atoms. The number of H-pyrrole nitrogens is 1. The highest BCUT2D eigenvalue weighted by atomic mass is 16.1. The fraction of sp³-hybridized carbons (Fsp3) is 0.176. The van der Waals surface area contributed by atoms with Crippen LogP contribution in [0.4, 0.5) is 11.5 Å². The molecule has 112 valence electrons. The monoisotopic (exact) mass is 294 g/mol. The standard InChI is InChI=1S/C17H18N4O/c1-12(22)21-17-7-6-14(11-20-17)18-9-8-13-10-19-16-5-3-2-4-15(13)16/h2-7,10-11,18-19H,8-9H2,1H3,(H,20,21,22). The van der Waals surface area contributed by atoms with Gasteiger partial charge < -0.3 is 15.6 Å². The first-order valence-corrected chi connectivity index (χ1v) is 7.25. The molecule has 3 N–H and O–H groups in total. The first kappa shape index (κ1) is 14.1. The van der Waals surface area contributed by atoms with E-state index in [2.05, 4.69) is 45.0 Å². The summed E-state index contributed by atoms with van der Waals surface area (Å²) in [6.07, 6.45) is 4.71. The number of carbonyl (C=O) groups excluding carboxylic acids is 1. The molecule has 0 aliphatic carbocycles. The molecule has 0 saturated heterocycles. The number of para-hydroxylation sites is 1. The van der Waals surface area contributed by atoms with Crippen molar-refractivity contribution in [3.8, 4) is 0 Å². The van der Waals surface area contributed by atoms with E-state index in [0.717, 1.165) is 18.7 Å². The number of carbonyl (C=O) groups is 1. The van der Waals surface area contributed by atoms with Crippen LogP contribution in [0, 0.1) is 0 Å². The molecule has 0 radical (unpaired) electrons. The van der Waals surface area contributed by atoms with Crippen molar-refractivity contribution in [3.05, 3.63) is 54.4 Å². The van der Waals surface area contributed by atoms with Crippen molar-refractivity contribution in [3.63, 3.8) is 0 Å². The average Bonchev–Trinajstić information content (AvgIpc) is 2.92. The summed E-state index contributed by atoms with van der Waals surface area (Å²) >= 11 is 0. The number of rotatable bonds is 5. The Balaban J connectivity index is 1.57. The fourth-order valence-electron chi connectivity index (χ4n) is 2.43. The number of pyridine rings is 1. The summed E-state index contributed by atoms with van der Waals surface area (Å²) in [4.78, 5) is 18.4. The minimum atomic E-state index is -0.118. The summed E-state index contributed by atoms with van der Waals surface area (Å²) in [7, 11) is 0. The molecule has 0 fully saturated rings. The van der Waals surface area contributed by atoms with Crippen molar-refractivity contribution in [2.75, 3.05) is 17.2 Å². The molecule has 3 rings (SSSR count). The fourth-order valence-corrected chi connectivity index (χ4v) is 2.43. The molecule has 0 saturated carbocycles. The first-order valence-electron chi connectivity index (χ1n) is 7.25. The van der Waals surface area contributed by atoms with Crippen LogP contribution in [0.15, 0.2) is 48.8 Å². The first-order chi connectivity index (χ1) is 10.7. The number of fused-ring (bicyclic) bond motifs is 1. The van der Waals surface area contributed by atoms with Crippen molar-refractivity contribution in [1.29, 1.82) is 0 Å². The quantitative estimate of drug-likeness (QED) is 0.677. The van der Waals surface area contributed by atoms with E-state index in [0.29, 0.717) is 5.82 Å². The molecule has 5 nitrogen and oxygen atoms in total. The lowest BCUT2D eigenvalue weighted by molar-refractivity contribution is -0.114. The van der Waals surface area contributed by atoms with Gasteiger partial charge in [-0.1, -0.05) is 18.2 Å². The SMILES string of the molecule is CC(=O)Nc1ccc(NCCc2c[nH]c3ccccc23)cn1. The van der Waals surface area contributed by atoms with Crippen LogP contribution in [0.1, 0.15) is 12.5 Å². The largest absolute Gasteiger partial charge is 0.383 e. The predicted octanol–water partition coefficient (Wildman–Crippen LogP) is 3.18. The zero-order valence-corrected chi connectivity index (χ0v) is 12.4. The summed E-state index contributed by atoms with van der Waals surface area (Å²) in [5.41, 5.74) is 3.40. The van der Waals surface area contributed by atoms with Crippen molar-refractivity contribution < 1.29 is 4.79 Å². The van der Waals surface area contributed by atoms with Crippen LogP contribution in [0.25, 0.3) is 10.9 Å². The van der Waals surface area contributed by atoms with Gasteiger partial charge in [0, 0.05) is 30.6 Å². The Bertz CT molecular complexity index is 777. The highest BCUT2D eigenvalue weighted by Gasteiger charge is 2.03. The lowest BCUT2D eigenvalue weighted by atomic mass is 10.1. The number of amides is 1. The number of nitrogens with zero attached hydrogens (tertiary/aromatic N) is 1. The van der Waals surface area contributed by atoms with Crippen LogP contribution in [0.5, 0.6) is 0 Å². The topological polar surface area (TPSA) is 69.8 Å². The number of aromatic amines is 1. The van der Waals surface area contributed by atoms with Crippen LogP contribution < -0.4 is 10.6 Å². The third kappa shape index (κ3) is 3.25. The van der Waals surface area contributed by atoms with Gasteiger partial charge in [0.05, 0.1) is 11.9 Å². The Morgan fingerprint density at radius 1 is 1.23 bits per heavy atom. The maximum absolute atomic E-state index is 10.9. The third-order valence-corrected chi connectivity index (χ3v) is 3.47. The van der Waals surface area contributed by atoms with E-state index in [4.69, 9.17) is 0 Å². The second-order valence-corrected chi connectivity index (χ2v) is 5.15. The van der Waals surface area contributed by atoms with Gasteiger partial charge in [0.15, 0.2) is 0 Å². The number of anilines is 2. The van der Waals surface area contributed by atoms with Gasteiger partial charge in [-0.2, -0.15) is 0 Å². The summed E-state index contributed by atoms with van der Waals surface area (Å²) < 4.78 is 0. The number of benzene rings is 1. The molecule has 0 bridgehead atoms. The number of aromatic nitrogens is 2.